The Labute approximate surface area is 203 Å². The van der Waals surface area contributed by atoms with Crippen LogP contribution in [0.3, 0.4) is 0 Å². The van der Waals surface area contributed by atoms with Gasteiger partial charge in [-0.1, -0.05) is 50.0 Å². The predicted molar refractivity (Wildman–Crippen MR) is 131 cm³/mol. The standard InChI is InChI=1S/C24H31N5O4S/c1-15(2)18-13-22(33-28-18)25-21(30)14-34-24-27-26-23(29(24)17-8-6-5-7-9-17)16-10-11-19(31-3)20(12-16)32-4/h10-13,15,17H,5-9,14H2,1-4H3,(H,25,30). The van der Waals surface area contributed by atoms with Crippen molar-refractivity contribution in [3.8, 4) is 22.9 Å². The Bertz CT molecular complexity index is 1120. The summed E-state index contributed by atoms with van der Waals surface area (Å²) in [6.07, 6.45) is 5.71. The van der Waals surface area contributed by atoms with E-state index in [1.165, 1.54) is 31.0 Å². The second-order valence-electron chi connectivity index (χ2n) is 8.65. The van der Waals surface area contributed by atoms with Crippen LogP contribution in [0.4, 0.5) is 5.88 Å². The van der Waals surface area contributed by atoms with Gasteiger partial charge in [-0.05, 0) is 37.0 Å². The zero-order valence-electron chi connectivity index (χ0n) is 20.0. The average Bonchev–Trinajstić information content (AvgIpc) is 3.50. The van der Waals surface area contributed by atoms with Crippen molar-refractivity contribution in [3.63, 3.8) is 0 Å². The SMILES string of the molecule is COc1ccc(-c2nnc(SCC(=O)Nc3cc(C(C)C)no3)n2C2CCCCC2)cc1OC. The molecule has 0 spiro atoms. The van der Waals surface area contributed by atoms with Gasteiger partial charge in [0.2, 0.25) is 11.8 Å². The Balaban J connectivity index is 1.55. The van der Waals surface area contributed by atoms with Crippen LogP contribution in [0.15, 0.2) is 33.9 Å². The minimum absolute atomic E-state index is 0.178. The zero-order chi connectivity index (χ0) is 24.1. The maximum atomic E-state index is 12.6. The van der Waals surface area contributed by atoms with Crippen molar-refractivity contribution >= 4 is 23.6 Å². The molecule has 2 heterocycles. The summed E-state index contributed by atoms with van der Waals surface area (Å²) in [6.45, 7) is 4.04. The lowest BCUT2D eigenvalue weighted by Crippen LogP contribution is -2.17. The molecule has 0 atom stereocenters. The summed E-state index contributed by atoms with van der Waals surface area (Å²) in [4.78, 5) is 12.6. The van der Waals surface area contributed by atoms with E-state index in [4.69, 9.17) is 14.0 Å². The topological polar surface area (TPSA) is 104 Å². The molecule has 1 aliphatic carbocycles. The first-order valence-electron chi connectivity index (χ1n) is 11.6. The highest BCUT2D eigenvalue weighted by Crippen LogP contribution is 2.38. The largest absolute Gasteiger partial charge is 0.493 e. The summed E-state index contributed by atoms with van der Waals surface area (Å²) < 4.78 is 18.3. The van der Waals surface area contributed by atoms with Crippen molar-refractivity contribution in [2.45, 2.75) is 63.1 Å². The van der Waals surface area contributed by atoms with Crippen molar-refractivity contribution < 1.29 is 18.8 Å². The van der Waals surface area contributed by atoms with Crippen molar-refractivity contribution in [1.82, 2.24) is 19.9 Å². The second-order valence-corrected chi connectivity index (χ2v) is 9.59. The molecule has 0 saturated heterocycles. The van der Waals surface area contributed by atoms with Crippen molar-refractivity contribution in [1.29, 1.82) is 0 Å². The van der Waals surface area contributed by atoms with E-state index in [0.29, 0.717) is 23.4 Å². The van der Waals surface area contributed by atoms with Gasteiger partial charge in [0, 0.05) is 17.7 Å². The highest BCUT2D eigenvalue weighted by Gasteiger charge is 2.25. The molecule has 182 valence electrons. The number of anilines is 1. The van der Waals surface area contributed by atoms with E-state index in [2.05, 4.69) is 25.2 Å². The van der Waals surface area contributed by atoms with Crippen LogP contribution in [-0.4, -0.2) is 45.8 Å². The highest BCUT2D eigenvalue weighted by molar-refractivity contribution is 7.99. The van der Waals surface area contributed by atoms with Gasteiger partial charge < -0.3 is 14.0 Å². The molecule has 1 fully saturated rings. The van der Waals surface area contributed by atoms with Crippen molar-refractivity contribution in [2.75, 3.05) is 25.3 Å². The molecule has 0 aliphatic heterocycles. The van der Waals surface area contributed by atoms with Crippen LogP contribution in [0.2, 0.25) is 0 Å². The molecule has 1 aromatic carbocycles. The number of ether oxygens (including phenoxy) is 2. The van der Waals surface area contributed by atoms with Crippen LogP contribution in [-0.2, 0) is 4.79 Å². The van der Waals surface area contributed by atoms with Gasteiger partial charge in [-0.25, -0.2) is 0 Å². The number of hydrogen-bond acceptors (Lipinski definition) is 8. The normalized spacial score (nSPS) is 14.4. The number of thioether (sulfide) groups is 1. The van der Waals surface area contributed by atoms with Gasteiger partial charge in [0.1, 0.15) is 0 Å². The van der Waals surface area contributed by atoms with E-state index < -0.39 is 0 Å². The minimum Gasteiger partial charge on any atom is -0.493 e. The number of nitrogens with zero attached hydrogens (tertiary/aromatic N) is 4. The Hall–Kier alpha value is -3.01. The fraction of sp³-hybridized carbons (Fsp3) is 0.500. The van der Waals surface area contributed by atoms with E-state index in [1.807, 2.05) is 32.0 Å². The van der Waals surface area contributed by atoms with E-state index in [-0.39, 0.29) is 17.6 Å². The smallest absolute Gasteiger partial charge is 0.237 e. The first kappa shape index (κ1) is 24.1. The third-order valence-corrected chi connectivity index (χ3v) is 6.90. The highest BCUT2D eigenvalue weighted by atomic mass is 32.2. The van der Waals surface area contributed by atoms with E-state index in [1.54, 1.807) is 20.3 Å². The van der Waals surface area contributed by atoms with Gasteiger partial charge in [-0.15, -0.1) is 10.2 Å². The number of hydrogen-bond donors (Lipinski definition) is 1. The molecule has 0 unspecified atom stereocenters. The van der Waals surface area contributed by atoms with E-state index in [0.717, 1.165) is 35.1 Å². The molecular formula is C24H31N5O4S. The molecule has 1 N–H and O–H groups in total. The summed E-state index contributed by atoms with van der Waals surface area (Å²) in [5.74, 6) is 2.67. The Kier molecular flexibility index (Phi) is 7.77. The maximum absolute atomic E-state index is 12.6. The quantitative estimate of drug-likeness (QED) is 0.407. The number of rotatable bonds is 9. The molecule has 0 radical (unpaired) electrons. The Morgan fingerprint density at radius 2 is 1.91 bits per heavy atom. The lowest BCUT2D eigenvalue weighted by molar-refractivity contribution is -0.113. The number of carbonyl (C=O) groups is 1. The summed E-state index contributed by atoms with van der Waals surface area (Å²) in [5, 5.41) is 16.5. The molecule has 1 aliphatic rings. The lowest BCUT2D eigenvalue weighted by atomic mass is 9.95. The van der Waals surface area contributed by atoms with E-state index >= 15 is 0 Å². The van der Waals surface area contributed by atoms with Crippen LogP contribution in [0.1, 0.15) is 63.6 Å². The molecule has 4 rings (SSSR count). The molecule has 34 heavy (non-hydrogen) atoms. The number of methoxy groups -OCH3 is 2. The predicted octanol–water partition coefficient (Wildman–Crippen LogP) is 5.31. The van der Waals surface area contributed by atoms with Gasteiger partial charge in [-0.2, -0.15) is 0 Å². The molecule has 1 saturated carbocycles. The monoisotopic (exact) mass is 485 g/mol. The molecule has 9 nitrogen and oxygen atoms in total. The molecule has 10 heteroatoms. The van der Waals surface area contributed by atoms with Crippen LogP contribution >= 0.6 is 11.8 Å². The van der Waals surface area contributed by atoms with Gasteiger partial charge in [0.25, 0.3) is 0 Å². The number of carbonyl (C=O) groups excluding carboxylic acids is 1. The van der Waals surface area contributed by atoms with Crippen LogP contribution in [0.25, 0.3) is 11.4 Å². The molecule has 1 amide bonds. The number of aromatic nitrogens is 4. The second kappa shape index (κ2) is 10.9. The Morgan fingerprint density at radius 3 is 2.59 bits per heavy atom. The maximum Gasteiger partial charge on any atom is 0.237 e. The fourth-order valence-electron chi connectivity index (χ4n) is 4.14. The zero-order valence-corrected chi connectivity index (χ0v) is 20.9. The average molecular weight is 486 g/mol. The minimum atomic E-state index is -0.178. The molecule has 3 aromatic rings. The van der Waals surface area contributed by atoms with Crippen LogP contribution in [0.5, 0.6) is 11.5 Å². The van der Waals surface area contributed by atoms with Crippen LogP contribution in [0, 0.1) is 0 Å². The van der Waals surface area contributed by atoms with Crippen molar-refractivity contribution in [3.05, 3.63) is 30.0 Å². The molecular weight excluding hydrogens is 454 g/mol. The van der Waals surface area contributed by atoms with Gasteiger partial charge in [0.15, 0.2) is 22.5 Å². The van der Waals surface area contributed by atoms with Gasteiger partial charge >= 0.3 is 0 Å². The lowest BCUT2D eigenvalue weighted by Gasteiger charge is -2.25. The first-order chi connectivity index (χ1) is 16.5. The number of amides is 1. The fourth-order valence-corrected chi connectivity index (χ4v) is 4.95. The van der Waals surface area contributed by atoms with Gasteiger partial charge in [-0.3, -0.25) is 14.7 Å². The Morgan fingerprint density at radius 1 is 1.15 bits per heavy atom. The molecule has 0 bridgehead atoms. The third kappa shape index (κ3) is 5.38. The van der Waals surface area contributed by atoms with E-state index in [9.17, 15) is 4.79 Å². The van der Waals surface area contributed by atoms with Crippen molar-refractivity contribution in [2.24, 2.45) is 0 Å². The summed E-state index contributed by atoms with van der Waals surface area (Å²) in [6, 6.07) is 7.80. The summed E-state index contributed by atoms with van der Waals surface area (Å²) in [7, 11) is 3.23. The number of nitrogens with one attached hydrogen (secondary N) is 1. The third-order valence-electron chi connectivity index (χ3n) is 5.96. The van der Waals surface area contributed by atoms with Gasteiger partial charge in [0.05, 0.1) is 25.7 Å². The molecule has 2 aromatic heterocycles. The van der Waals surface area contributed by atoms with Crippen LogP contribution < -0.4 is 14.8 Å². The summed E-state index contributed by atoms with van der Waals surface area (Å²) >= 11 is 1.37. The first-order valence-corrected chi connectivity index (χ1v) is 12.5. The summed E-state index contributed by atoms with van der Waals surface area (Å²) in [5.41, 5.74) is 1.70. The number of benzene rings is 1.